The minimum absolute atomic E-state index is 0. The molecule has 0 spiro atoms. The monoisotopic (exact) mass is 360 g/mol. The van der Waals surface area contributed by atoms with Crippen molar-refractivity contribution in [2.45, 2.75) is 37.4 Å². The number of urea groups is 1. The Morgan fingerprint density at radius 3 is 2.91 bits per heavy atom. The van der Waals surface area contributed by atoms with Crippen molar-refractivity contribution in [1.29, 1.82) is 0 Å². The molecule has 1 aromatic heterocycles. The highest BCUT2D eigenvalue weighted by atomic mass is 35.5. The van der Waals surface area contributed by atoms with Gasteiger partial charge >= 0.3 is 6.03 Å². The predicted octanol–water partition coefficient (Wildman–Crippen LogP) is 1.45. The van der Waals surface area contributed by atoms with Crippen LogP contribution in [0.2, 0.25) is 0 Å². The van der Waals surface area contributed by atoms with Gasteiger partial charge < -0.3 is 20.1 Å². The number of aromatic nitrogens is 1. The second kappa shape index (κ2) is 7.31. The van der Waals surface area contributed by atoms with E-state index in [1.165, 1.54) is 4.88 Å². The smallest absolute Gasteiger partial charge is 0.321 e. The molecule has 3 aliphatic rings. The van der Waals surface area contributed by atoms with Gasteiger partial charge in [0.25, 0.3) is 0 Å². The molecule has 9 heteroatoms. The lowest BCUT2D eigenvalue weighted by Gasteiger charge is -2.34. The normalized spacial score (nSPS) is 26.8. The van der Waals surface area contributed by atoms with E-state index in [0.29, 0.717) is 31.0 Å². The number of fused-ring (bicyclic) bond motifs is 4. The summed E-state index contributed by atoms with van der Waals surface area (Å²) in [6, 6.07) is 0.578. The summed E-state index contributed by atoms with van der Waals surface area (Å²) in [7, 11) is 0. The minimum atomic E-state index is -0.176. The number of nitrogens with one attached hydrogen (secondary N) is 3. The zero-order valence-electron chi connectivity index (χ0n) is 12.7. The predicted molar refractivity (Wildman–Crippen MR) is 89.5 cm³/mol. The average molecular weight is 361 g/mol. The fourth-order valence-corrected chi connectivity index (χ4v) is 4.24. The zero-order valence-corrected chi connectivity index (χ0v) is 14.3. The zero-order chi connectivity index (χ0) is 14.9. The number of carbonyl (C=O) groups excluding carboxylic acids is 1. The third-order valence-electron chi connectivity index (χ3n) is 4.30. The fourth-order valence-electron chi connectivity index (χ4n) is 3.21. The van der Waals surface area contributed by atoms with E-state index < -0.39 is 0 Å². The van der Waals surface area contributed by atoms with Crippen LogP contribution in [0.15, 0.2) is 0 Å². The molecular weight excluding hydrogens is 340 g/mol. The number of halogens is 1. The van der Waals surface area contributed by atoms with E-state index in [1.54, 1.807) is 11.3 Å². The summed E-state index contributed by atoms with van der Waals surface area (Å²) in [4.78, 5) is 17.9. The Morgan fingerprint density at radius 1 is 1.26 bits per heavy atom. The van der Waals surface area contributed by atoms with E-state index in [-0.39, 0.29) is 30.5 Å². The van der Waals surface area contributed by atoms with Gasteiger partial charge in [-0.2, -0.15) is 0 Å². The van der Waals surface area contributed by atoms with Crippen molar-refractivity contribution in [2.24, 2.45) is 0 Å². The van der Waals surface area contributed by atoms with Gasteiger partial charge in [-0.1, -0.05) is 11.3 Å². The first-order valence-corrected chi connectivity index (χ1v) is 8.58. The Kier molecular flexibility index (Phi) is 5.38. The molecule has 3 aliphatic heterocycles. The molecule has 1 aromatic rings. The van der Waals surface area contributed by atoms with Gasteiger partial charge in [0.1, 0.15) is 0 Å². The van der Waals surface area contributed by atoms with Crippen LogP contribution in [-0.2, 0) is 15.9 Å². The molecule has 128 valence electrons. The Balaban J connectivity index is 0.00000156. The van der Waals surface area contributed by atoms with Crippen LogP contribution >= 0.6 is 23.7 Å². The van der Waals surface area contributed by atoms with Crippen LogP contribution in [0.3, 0.4) is 0 Å². The van der Waals surface area contributed by atoms with Gasteiger partial charge in [0.05, 0.1) is 24.9 Å². The number of hydrogen-bond donors (Lipinski definition) is 3. The molecule has 4 rings (SSSR count). The highest BCUT2D eigenvalue weighted by Crippen LogP contribution is 2.35. The van der Waals surface area contributed by atoms with E-state index >= 15 is 0 Å². The average Bonchev–Trinajstić information content (AvgIpc) is 2.91. The van der Waals surface area contributed by atoms with Crippen LogP contribution in [0, 0.1) is 0 Å². The summed E-state index contributed by atoms with van der Waals surface area (Å²) in [5.74, 6) is 0. The van der Waals surface area contributed by atoms with Crippen molar-refractivity contribution < 1.29 is 14.3 Å². The lowest BCUT2D eigenvalue weighted by Crippen LogP contribution is -2.48. The second-order valence-corrected chi connectivity index (χ2v) is 7.00. The van der Waals surface area contributed by atoms with E-state index in [4.69, 9.17) is 9.47 Å². The Hall–Kier alpha value is -0.930. The number of rotatable bonds is 2. The first-order chi connectivity index (χ1) is 10.8. The summed E-state index contributed by atoms with van der Waals surface area (Å²) < 4.78 is 10.9. The quantitative estimate of drug-likeness (QED) is 0.743. The van der Waals surface area contributed by atoms with Gasteiger partial charge in [-0.05, 0) is 12.8 Å². The summed E-state index contributed by atoms with van der Waals surface area (Å²) in [6.07, 6.45) is 2.60. The lowest BCUT2D eigenvalue weighted by atomic mass is 10.0. The summed E-state index contributed by atoms with van der Waals surface area (Å²) in [6.45, 7) is 2.84. The molecule has 7 nitrogen and oxygen atoms in total. The number of morpholine rings is 1. The second-order valence-electron chi connectivity index (χ2n) is 5.97. The molecule has 2 amide bonds. The third-order valence-corrected chi connectivity index (χ3v) is 5.43. The molecule has 2 saturated heterocycles. The van der Waals surface area contributed by atoms with Gasteiger partial charge in [0, 0.05) is 36.6 Å². The number of thiazole rings is 1. The number of carbonyl (C=O) groups is 1. The maximum absolute atomic E-state index is 12.1. The van der Waals surface area contributed by atoms with Gasteiger partial charge in [-0.15, -0.1) is 12.4 Å². The molecule has 4 heterocycles. The number of nitrogens with zero attached hydrogens (tertiary/aromatic N) is 1. The number of hydrogen-bond acceptors (Lipinski definition) is 6. The number of anilines is 1. The molecule has 0 unspecified atom stereocenters. The highest BCUT2D eigenvalue weighted by Gasteiger charge is 2.33. The van der Waals surface area contributed by atoms with Crippen molar-refractivity contribution in [3.8, 4) is 0 Å². The first kappa shape index (κ1) is 16.9. The molecule has 0 saturated carbocycles. The Morgan fingerprint density at radius 2 is 2.09 bits per heavy atom. The van der Waals surface area contributed by atoms with E-state index in [2.05, 4.69) is 20.9 Å². The van der Waals surface area contributed by atoms with Crippen molar-refractivity contribution >= 4 is 34.9 Å². The van der Waals surface area contributed by atoms with E-state index in [0.717, 1.165) is 31.6 Å². The molecule has 2 fully saturated rings. The topological polar surface area (TPSA) is 84.5 Å². The maximum Gasteiger partial charge on any atom is 0.321 e. The first-order valence-electron chi connectivity index (χ1n) is 7.76. The molecular formula is C14H21ClN4O3S. The van der Waals surface area contributed by atoms with Crippen LogP contribution in [-0.4, -0.2) is 49.5 Å². The maximum atomic E-state index is 12.1. The van der Waals surface area contributed by atoms with Gasteiger partial charge in [-0.25, -0.2) is 9.78 Å². The minimum Gasteiger partial charge on any atom is -0.381 e. The molecule has 0 radical (unpaired) electrons. The lowest BCUT2D eigenvalue weighted by molar-refractivity contribution is 0.0395. The van der Waals surface area contributed by atoms with Crippen LogP contribution in [0.25, 0.3) is 0 Å². The summed E-state index contributed by atoms with van der Waals surface area (Å²) in [5.41, 5.74) is 1.10. The van der Waals surface area contributed by atoms with Crippen molar-refractivity contribution in [1.82, 2.24) is 15.6 Å². The molecule has 0 aromatic carbocycles. The number of amides is 2. The Labute approximate surface area is 144 Å². The number of ether oxygens (including phenoxy) is 2. The standard InChI is InChI=1S/C14H20N4O3S.ClH/c19-13(16-8-1-3-20-4-2-8)18-14-17-10-5-9-6-21-7-11(15-9)12(10)22-14;/h8-9,11,15H,1-7H2,(H2,16,17,18,19);1H/t9-,11-;/m0./s1. The molecule has 2 bridgehead atoms. The third kappa shape index (κ3) is 3.77. The SMILES string of the molecule is Cl.O=C(Nc1nc2c(s1)[C@@H]1COC[C@H](C2)N1)NC1CCOCC1. The van der Waals surface area contributed by atoms with Crippen LogP contribution in [0.5, 0.6) is 0 Å². The molecule has 3 N–H and O–H groups in total. The molecule has 0 aliphatic carbocycles. The highest BCUT2D eigenvalue weighted by molar-refractivity contribution is 7.16. The molecule has 23 heavy (non-hydrogen) atoms. The van der Waals surface area contributed by atoms with Gasteiger partial charge in [0.15, 0.2) is 5.13 Å². The summed E-state index contributed by atoms with van der Waals surface area (Å²) in [5, 5.41) is 10.1. The summed E-state index contributed by atoms with van der Waals surface area (Å²) >= 11 is 1.54. The van der Waals surface area contributed by atoms with E-state index in [1.807, 2.05) is 0 Å². The largest absolute Gasteiger partial charge is 0.381 e. The van der Waals surface area contributed by atoms with Gasteiger partial charge in [-0.3, -0.25) is 5.32 Å². The molecule has 2 atom stereocenters. The van der Waals surface area contributed by atoms with Crippen LogP contribution in [0.1, 0.15) is 29.5 Å². The van der Waals surface area contributed by atoms with Gasteiger partial charge in [0.2, 0.25) is 0 Å². The van der Waals surface area contributed by atoms with Crippen molar-refractivity contribution in [3.05, 3.63) is 10.6 Å². The van der Waals surface area contributed by atoms with Crippen LogP contribution in [0.4, 0.5) is 9.93 Å². The van der Waals surface area contributed by atoms with E-state index in [9.17, 15) is 4.79 Å². The fraction of sp³-hybridized carbons (Fsp3) is 0.714. The van der Waals surface area contributed by atoms with Crippen LogP contribution < -0.4 is 16.0 Å². The van der Waals surface area contributed by atoms with Crippen molar-refractivity contribution in [2.75, 3.05) is 31.7 Å². The Bertz CT molecular complexity index is 564. The van der Waals surface area contributed by atoms with Crippen molar-refractivity contribution in [3.63, 3.8) is 0 Å².